The van der Waals surface area contributed by atoms with E-state index in [-0.39, 0.29) is 27.4 Å². The van der Waals surface area contributed by atoms with Crippen LogP contribution in [0, 0.1) is 0 Å². The molecule has 1 heterocycles. The number of benzene rings is 1. The molecule has 0 atom stereocenters. The summed E-state index contributed by atoms with van der Waals surface area (Å²) in [4.78, 5) is 15.4. The number of carbonyl (C=O) groups is 1. The van der Waals surface area contributed by atoms with E-state index < -0.39 is 10.0 Å². The van der Waals surface area contributed by atoms with E-state index in [4.69, 9.17) is 23.2 Å². The zero-order valence-corrected chi connectivity index (χ0v) is 17.2. The summed E-state index contributed by atoms with van der Waals surface area (Å²) >= 11 is 13.4. The Hall–Kier alpha value is -1.12. The van der Waals surface area contributed by atoms with E-state index in [2.05, 4.69) is 4.72 Å². The molecular weight excluding hydrogens is 415 g/mol. The van der Waals surface area contributed by atoms with Crippen LogP contribution >= 0.6 is 34.5 Å². The first kappa shape index (κ1) is 19.6. The molecule has 0 aliphatic heterocycles. The Morgan fingerprint density at radius 3 is 2.58 bits per heavy atom. The lowest BCUT2D eigenvalue weighted by Gasteiger charge is -2.20. The lowest BCUT2D eigenvalue weighted by molar-refractivity contribution is 0.0754. The van der Waals surface area contributed by atoms with Crippen LogP contribution in [0.4, 0.5) is 0 Å². The van der Waals surface area contributed by atoms with Crippen LogP contribution in [0.25, 0.3) is 0 Å². The van der Waals surface area contributed by atoms with E-state index in [0.717, 1.165) is 17.7 Å². The van der Waals surface area contributed by atoms with Crippen molar-refractivity contribution in [2.24, 2.45) is 0 Å². The van der Waals surface area contributed by atoms with Crippen molar-refractivity contribution >= 4 is 50.5 Å². The number of nitrogens with zero attached hydrogens (tertiary/aromatic N) is 1. The molecule has 1 aliphatic rings. The third kappa shape index (κ3) is 4.58. The van der Waals surface area contributed by atoms with Crippen LogP contribution in [-0.4, -0.2) is 31.8 Å². The smallest absolute Gasteiger partial charge is 0.254 e. The van der Waals surface area contributed by atoms with Gasteiger partial charge in [0.25, 0.3) is 5.91 Å². The second kappa shape index (κ2) is 7.86. The van der Waals surface area contributed by atoms with Crippen molar-refractivity contribution in [3.63, 3.8) is 0 Å². The van der Waals surface area contributed by atoms with Crippen molar-refractivity contribution in [1.29, 1.82) is 0 Å². The molecule has 2 aromatic rings. The predicted octanol–water partition coefficient (Wildman–Crippen LogP) is 4.16. The summed E-state index contributed by atoms with van der Waals surface area (Å²) in [5.74, 6) is -0.253. The topological polar surface area (TPSA) is 66.5 Å². The number of halogens is 2. The number of hydrogen-bond acceptors (Lipinski definition) is 4. The molecule has 0 unspecified atom stereocenters. The Labute approximate surface area is 167 Å². The van der Waals surface area contributed by atoms with Crippen molar-refractivity contribution in [3.8, 4) is 0 Å². The van der Waals surface area contributed by atoms with Crippen LogP contribution in [0.1, 0.15) is 35.0 Å². The minimum absolute atomic E-state index is 0.0360. The van der Waals surface area contributed by atoms with Gasteiger partial charge in [-0.1, -0.05) is 23.2 Å². The van der Waals surface area contributed by atoms with Gasteiger partial charge in [-0.2, -0.15) is 0 Å². The number of hydrogen-bond donors (Lipinski definition) is 1. The predicted molar refractivity (Wildman–Crippen MR) is 105 cm³/mol. The molecule has 1 aromatic carbocycles. The summed E-state index contributed by atoms with van der Waals surface area (Å²) in [5, 5.41) is 0.0998. The fourth-order valence-corrected chi connectivity index (χ4v) is 5.39. The van der Waals surface area contributed by atoms with Crippen LogP contribution in [0.3, 0.4) is 0 Å². The van der Waals surface area contributed by atoms with E-state index in [1.54, 1.807) is 17.0 Å². The van der Waals surface area contributed by atoms with E-state index in [1.165, 1.54) is 23.5 Å². The van der Waals surface area contributed by atoms with E-state index >= 15 is 0 Å². The van der Waals surface area contributed by atoms with Gasteiger partial charge in [-0.25, -0.2) is 13.1 Å². The van der Waals surface area contributed by atoms with Crippen molar-refractivity contribution in [2.45, 2.75) is 37.2 Å². The van der Waals surface area contributed by atoms with Gasteiger partial charge in [0.15, 0.2) is 0 Å². The number of rotatable bonds is 7. The molecule has 1 saturated carbocycles. The van der Waals surface area contributed by atoms with Gasteiger partial charge < -0.3 is 4.90 Å². The molecule has 0 bridgehead atoms. The second-order valence-electron chi connectivity index (χ2n) is 6.07. The van der Waals surface area contributed by atoms with Crippen molar-refractivity contribution < 1.29 is 13.2 Å². The Balaban J connectivity index is 1.85. The average molecular weight is 433 g/mol. The summed E-state index contributed by atoms with van der Waals surface area (Å²) in [6, 6.07) is 7.97. The van der Waals surface area contributed by atoms with E-state index in [9.17, 15) is 13.2 Å². The van der Waals surface area contributed by atoms with Crippen LogP contribution < -0.4 is 4.72 Å². The lowest BCUT2D eigenvalue weighted by atomic mass is 10.2. The molecule has 1 fully saturated rings. The monoisotopic (exact) mass is 432 g/mol. The Kier molecular flexibility index (Phi) is 5.94. The molecule has 1 aromatic heterocycles. The molecule has 5 nitrogen and oxygen atoms in total. The van der Waals surface area contributed by atoms with Gasteiger partial charge in [-0.15, -0.1) is 11.3 Å². The number of carbonyl (C=O) groups excluding carboxylic acids is 1. The molecule has 3 rings (SSSR count). The first-order chi connectivity index (χ1) is 12.3. The first-order valence-electron chi connectivity index (χ1n) is 8.15. The minimum atomic E-state index is -3.74. The Morgan fingerprint density at radius 2 is 2.00 bits per heavy atom. The summed E-state index contributed by atoms with van der Waals surface area (Å²) < 4.78 is 28.2. The van der Waals surface area contributed by atoms with E-state index in [0.29, 0.717) is 17.4 Å². The highest BCUT2D eigenvalue weighted by Gasteiger charge is 2.30. The molecule has 0 saturated heterocycles. The molecular formula is C17H18Cl2N2O3S2. The number of sulfonamides is 1. The second-order valence-corrected chi connectivity index (χ2v) is 9.96. The molecule has 0 spiro atoms. The molecule has 1 N–H and O–H groups in total. The van der Waals surface area contributed by atoms with Crippen LogP contribution in [0.2, 0.25) is 9.36 Å². The quantitative estimate of drug-likeness (QED) is 0.713. The SMILES string of the molecule is CCN(Cc1ccc(Cl)s1)C(=O)c1ccc(Cl)c(S(=O)(=O)NC2CC2)c1. The van der Waals surface area contributed by atoms with Crippen molar-refractivity contribution in [1.82, 2.24) is 9.62 Å². The third-order valence-electron chi connectivity index (χ3n) is 4.01. The van der Waals surface area contributed by atoms with E-state index in [1.807, 2.05) is 13.0 Å². The largest absolute Gasteiger partial charge is 0.334 e. The summed E-state index contributed by atoms with van der Waals surface area (Å²) in [6.45, 7) is 2.77. The van der Waals surface area contributed by atoms with Gasteiger partial charge in [0.2, 0.25) is 10.0 Å². The Bertz CT molecular complexity index is 924. The number of thiophene rings is 1. The fourth-order valence-electron chi connectivity index (χ4n) is 2.46. The van der Waals surface area contributed by atoms with Gasteiger partial charge in [0, 0.05) is 23.0 Å². The maximum Gasteiger partial charge on any atom is 0.254 e. The standard InChI is InChI=1S/C17H18Cl2N2O3S2/c1-2-21(10-13-6-8-16(19)25-13)17(22)11-3-7-14(18)15(9-11)26(23,24)20-12-4-5-12/h3,6-9,12,20H,2,4-5,10H2,1H3. The molecule has 1 amide bonds. The third-order valence-corrected chi connectivity index (χ3v) is 7.23. The molecule has 26 heavy (non-hydrogen) atoms. The highest BCUT2D eigenvalue weighted by molar-refractivity contribution is 7.89. The Morgan fingerprint density at radius 1 is 1.27 bits per heavy atom. The van der Waals surface area contributed by atoms with Crippen LogP contribution in [-0.2, 0) is 16.6 Å². The number of nitrogens with one attached hydrogen (secondary N) is 1. The maximum atomic E-state index is 12.9. The lowest BCUT2D eigenvalue weighted by Crippen LogP contribution is -2.30. The van der Waals surface area contributed by atoms with Crippen molar-refractivity contribution in [2.75, 3.05) is 6.54 Å². The fraction of sp³-hybridized carbons (Fsp3) is 0.353. The molecule has 9 heteroatoms. The molecule has 1 aliphatic carbocycles. The first-order valence-corrected chi connectivity index (χ1v) is 11.2. The zero-order chi connectivity index (χ0) is 18.9. The van der Waals surface area contributed by atoms with Gasteiger partial charge >= 0.3 is 0 Å². The highest BCUT2D eigenvalue weighted by Crippen LogP contribution is 2.28. The van der Waals surface area contributed by atoms with Gasteiger partial charge in [-0.05, 0) is 50.1 Å². The number of amides is 1. The maximum absolute atomic E-state index is 12.9. The summed E-state index contributed by atoms with van der Waals surface area (Å²) in [7, 11) is -3.74. The van der Waals surface area contributed by atoms with Crippen molar-refractivity contribution in [3.05, 3.63) is 50.1 Å². The summed E-state index contributed by atoms with van der Waals surface area (Å²) in [6.07, 6.45) is 1.64. The summed E-state index contributed by atoms with van der Waals surface area (Å²) in [5.41, 5.74) is 0.287. The highest BCUT2D eigenvalue weighted by atomic mass is 35.5. The average Bonchev–Trinajstić information content (AvgIpc) is 3.30. The van der Waals surface area contributed by atoms with Gasteiger partial charge in [-0.3, -0.25) is 4.79 Å². The van der Waals surface area contributed by atoms with Crippen LogP contribution in [0.15, 0.2) is 35.2 Å². The van der Waals surface area contributed by atoms with Crippen LogP contribution in [0.5, 0.6) is 0 Å². The van der Waals surface area contributed by atoms with Gasteiger partial charge in [0.05, 0.1) is 15.9 Å². The normalized spacial score (nSPS) is 14.4. The molecule has 0 radical (unpaired) electrons. The zero-order valence-electron chi connectivity index (χ0n) is 14.0. The molecule has 140 valence electrons. The van der Waals surface area contributed by atoms with Gasteiger partial charge in [0.1, 0.15) is 4.90 Å². The minimum Gasteiger partial charge on any atom is -0.334 e.